The van der Waals surface area contributed by atoms with Gasteiger partial charge < -0.3 is 11.1 Å². The summed E-state index contributed by atoms with van der Waals surface area (Å²) in [5, 5.41) is 3.30. The molecule has 0 aromatic carbocycles. The summed E-state index contributed by atoms with van der Waals surface area (Å²) in [6.45, 7) is 3.51. The van der Waals surface area contributed by atoms with Crippen LogP contribution in [0.15, 0.2) is 0 Å². The molecule has 0 radical (unpaired) electrons. The van der Waals surface area contributed by atoms with E-state index in [1.54, 1.807) is 0 Å². The Hall–Kier alpha value is 0.270. The maximum absolute atomic E-state index is 5.18. The van der Waals surface area contributed by atoms with E-state index >= 15 is 0 Å². The van der Waals surface area contributed by atoms with Gasteiger partial charge in [0.05, 0.1) is 0 Å². The Labute approximate surface area is 49.9 Å². The standard InChI is InChI=1S/C4H12N2S/c1-4(7)6-3-2-5/h4,6-7H,2-3,5H2,1H3. The summed E-state index contributed by atoms with van der Waals surface area (Å²) < 4.78 is 0. The van der Waals surface area contributed by atoms with E-state index in [4.69, 9.17) is 5.73 Å². The highest BCUT2D eigenvalue weighted by Crippen LogP contribution is 1.81. The first kappa shape index (κ1) is 7.27. The summed E-state index contributed by atoms with van der Waals surface area (Å²) in [5.41, 5.74) is 5.18. The third-order valence-electron chi connectivity index (χ3n) is 0.584. The maximum atomic E-state index is 5.18. The summed E-state index contributed by atoms with van der Waals surface area (Å²) in [7, 11) is 0. The lowest BCUT2D eigenvalue weighted by molar-refractivity contribution is 0.693. The molecular weight excluding hydrogens is 108 g/mol. The lowest BCUT2D eigenvalue weighted by Crippen LogP contribution is -2.26. The van der Waals surface area contributed by atoms with Gasteiger partial charge in [-0.15, -0.1) is 0 Å². The number of thiol groups is 1. The minimum atomic E-state index is 0.267. The molecule has 1 atom stereocenters. The van der Waals surface area contributed by atoms with Crippen LogP contribution >= 0.6 is 12.6 Å². The molecule has 0 fully saturated rings. The Balaban J connectivity index is 2.68. The molecule has 7 heavy (non-hydrogen) atoms. The largest absolute Gasteiger partial charge is 0.329 e. The van der Waals surface area contributed by atoms with Gasteiger partial charge in [-0.3, -0.25) is 0 Å². The smallest absolute Gasteiger partial charge is 0.0474 e. The molecule has 0 aliphatic rings. The van der Waals surface area contributed by atoms with E-state index in [0.717, 1.165) is 6.54 Å². The van der Waals surface area contributed by atoms with Gasteiger partial charge in [0.1, 0.15) is 0 Å². The topological polar surface area (TPSA) is 38.0 Å². The van der Waals surface area contributed by atoms with E-state index in [9.17, 15) is 0 Å². The van der Waals surface area contributed by atoms with Crippen LogP contribution < -0.4 is 11.1 Å². The zero-order valence-electron chi connectivity index (χ0n) is 4.52. The van der Waals surface area contributed by atoms with Crippen molar-refractivity contribution in [2.75, 3.05) is 13.1 Å². The van der Waals surface area contributed by atoms with Crippen LogP contribution in [0.2, 0.25) is 0 Å². The molecule has 0 aromatic rings. The zero-order chi connectivity index (χ0) is 5.70. The van der Waals surface area contributed by atoms with Crippen LogP contribution in [-0.2, 0) is 0 Å². The van der Waals surface area contributed by atoms with Crippen molar-refractivity contribution in [2.24, 2.45) is 5.73 Å². The summed E-state index contributed by atoms with van der Waals surface area (Å²) >= 11 is 4.07. The van der Waals surface area contributed by atoms with Gasteiger partial charge in [0.25, 0.3) is 0 Å². The van der Waals surface area contributed by atoms with Crippen molar-refractivity contribution in [3.05, 3.63) is 0 Å². The molecule has 0 saturated heterocycles. The van der Waals surface area contributed by atoms with Crippen LogP contribution in [0.25, 0.3) is 0 Å². The SMILES string of the molecule is CC(S)NCCN. The van der Waals surface area contributed by atoms with Crippen molar-refractivity contribution in [1.29, 1.82) is 0 Å². The van der Waals surface area contributed by atoms with Gasteiger partial charge in [-0.05, 0) is 6.92 Å². The fraction of sp³-hybridized carbons (Fsp3) is 1.00. The first-order valence-corrected chi connectivity index (χ1v) is 2.90. The fourth-order valence-corrected chi connectivity index (χ4v) is 0.421. The molecule has 0 heterocycles. The average molecular weight is 120 g/mol. The first-order chi connectivity index (χ1) is 3.27. The Morgan fingerprint density at radius 2 is 2.43 bits per heavy atom. The molecule has 0 aliphatic heterocycles. The molecule has 0 saturated carbocycles. The first-order valence-electron chi connectivity index (χ1n) is 2.39. The molecule has 2 nitrogen and oxygen atoms in total. The maximum Gasteiger partial charge on any atom is 0.0474 e. The van der Waals surface area contributed by atoms with Crippen LogP contribution in [0.4, 0.5) is 0 Å². The average Bonchev–Trinajstić information content (AvgIpc) is 1.61. The Bertz CT molecular complexity index is 38.7. The van der Waals surface area contributed by atoms with Crippen LogP contribution in [0.3, 0.4) is 0 Å². The van der Waals surface area contributed by atoms with Gasteiger partial charge in [0.15, 0.2) is 0 Å². The van der Waals surface area contributed by atoms with Crippen molar-refractivity contribution in [2.45, 2.75) is 12.3 Å². The molecular formula is C4H12N2S. The summed E-state index contributed by atoms with van der Waals surface area (Å²) in [6.07, 6.45) is 0. The number of nitrogens with one attached hydrogen (secondary N) is 1. The fourth-order valence-electron chi connectivity index (χ4n) is 0.292. The zero-order valence-corrected chi connectivity index (χ0v) is 5.41. The number of hydrogen-bond acceptors (Lipinski definition) is 3. The monoisotopic (exact) mass is 120 g/mol. The molecule has 0 bridgehead atoms. The molecule has 0 spiro atoms. The predicted molar refractivity (Wildman–Crippen MR) is 35.5 cm³/mol. The lowest BCUT2D eigenvalue weighted by atomic mass is 10.6. The van der Waals surface area contributed by atoms with Gasteiger partial charge in [0, 0.05) is 18.5 Å². The van der Waals surface area contributed by atoms with Gasteiger partial charge in [0.2, 0.25) is 0 Å². The van der Waals surface area contributed by atoms with Gasteiger partial charge in [-0.2, -0.15) is 12.6 Å². The summed E-state index contributed by atoms with van der Waals surface area (Å²) in [6, 6.07) is 0. The van der Waals surface area contributed by atoms with Crippen molar-refractivity contribution in [3.8, 4) is 0 Å². The van der Waals surface area contributed by atoms with E-state index < -0.39 is 0 Å². The summed E-state index contributed by atoms with van der Waals surface area (Å²) in [5.74, 6) is 0. The molecule has 0 rings (SSSR count). The quantitative estimate of drug-likeness (QED) is 0.357. The highest BCUT2D eigenvalue weighted by atomic mass is 32.1. The van der Waals surface area contributed by atoms with E-state index in [-0.39, 0.29) is 5.37 Å². The van der Waals surface area contributed by atoms with Gasteiger partial charge >= 0.3 is 0 Å². The Morgan fingerprint density at radius 3 is 2.57 bits per heavy atom. The third kappa shape index (κ3) is 6.27. The van der Waals surface area contributed by atoms with Crippen LogP contribution in [0, 0.1) is 0 Å². The van der Waals surface area contributed by atoms with Gasteiger partial charge in [-0.1, -0.05) is 0 Å². The van der Waals surface area contributed by atoms with E-state index in [1.807, 2.05) is 6.92 Å². The van der Waals surface area contributed by atoms with Crippen LogP contribution in [0.1, 0.15) is 6.92 Å². The predicted octanol–water partition coefficient (Wildman–Crippen LogP) is -0.190. The van der Waals surface area contributed by atoms with Crippen LogP contribution in [-0.4, -0.2) is 18.5 Å². The van der Waals surface area contributed by atoms with E-state index in [2.05, 4.69) is 17.9 Å². The molecule has 44 valence electrons. The van der Waals surface area contributed by atoms with E-state index in [1.165, 1.54) is 0 Å². The molecule has 3 heteroatoms. The van der Waals surface area contributed by atoms with Crippen molar-refractivity contribution in [1.82, 2.24) is 5.32 Å². The minimum Gasteiger partial charge on any atom is -0.329 e. The number of hydrogen-bond donors (Lipinski definition) is 3. The second-order valence-corrected chi connectivity index (χ2v) is 2.19. The van der Waals surface area contributed by atoms with Crippen LogP contribution in [0.5, 0.6) is 0 Å². The third-order valence-corrected chi connectivity index (χ3v) is 0.767. The van der Waals surface area contributed by atoms with Crippen molar-refractivity contribution >= 4 is 12.6 Å². The molecule has 0 aromatic heterocycles. The second-order valence-electron chi connectivity index (χ2n) is 1.42. The Kier molecular flexibility index (Phi) is 4.60. The lowest BCUT2D eigenvalue weighted by Gasteiger charge is -2.02. The second kappa shape index (κ2) is 4.43. The molecule has 0 aliphatic carbocycles. The highest BCUT2D eigenvalue weighted by molar-refractivity contribution is 7.80. The normalized spacial score (nSPS) is 14.1. The molecule has 3 N–H and O–H groups in total. The highest BCUT2D eigenvalue weighted by Gasteiger charge is 1.86. The van der Waals surface area contributed by atoms with Crippen molar-refractivity contribution in [3.63, 3.8) is 0 Å². The minimum absolute atomic E-state index is 0.267. The molecule has 0 amide bonds. The Morgan fingerprint density at radius 1 is 1.86 bits per heavy atom. The number of nitrogens with two attached hydrogens (primary N) is 1. The number of rotatable bonds is 3. The van der Waals surface area contributed by atoms with E-state index in [0.29, 0.717) is 6.54 Å². The summed E-state index contributed by atoms with van der Waals surface area (Å²) in [4.78, 5) is 0. The van der Waals surface area contributed by atoms with Crippen molar-refractivity contribution < 1.29 is 0 Å². The van der Waals surface area contributed by atoms with Gasteiger partial charge in [-0.25, -0.2) is 0 Å². The molecule has 1 unspecified atom stereocenters.